The van der Waals surface area contributed by atoms with Crippen molar-refractivity contribution in [3.63, 3.8) is 0 Å². The molecule has 0 N–H and O–H groups in total. The van der Waals surface area contributed by atoms with Crippen molar-refractivity contribution in [1.29, 1.82) is 0 Å². The monoisotopic (exact) mass is 496 g/mol. The van der Waals surface area contributed by atoms with E-state index in [2.05, 4.69) is 37.1 Å². The van der Waals surface area contributed by atoms with Crippen molar-refractivity contribution < 1.29 is 14.3 Å². The Kier molecular flexibility index (Phi) is 5.86. The Morgan fingerprint density at radius 3 is 2.43 bits per heavy atom. The SMILES string of the molecule is COc1cc2c(cc1OC)[C@@H](c1ccccc1)N(C(=O)c1cc(C3CC3)nc3c1cnn3C(C)C)CC2. The molecule has 0 saturated heterocycles. The van der Waals surface area contributed by atoms with E-state index in [0.717, 1.165) is 47.1 Å². The van der Waals surface area contributed by atoms with Crippen molar-refractivity contribution in [3.8, 4) is 11.5 Å². The molecule has 0 unspecified atom stereocenters. The van der Waals surface area contributed by atoms with Crippen LogP contribution >= 0.6 is 0 Å². The lowest BCUT2D eigenvalue weighted by Crippen LogP contribution is -2.40. The van der Waals surface area contributed by atoms with E-state index < -0.39 is 0 Å². The molecule has 37 heavy (non-hydrogen) atoms. The summed E-state index contributed by atoms with van der Waals surface area (Å²) in [6, 6.07) is 16.2. The summed E-state index contributed by atoms with van der Waals surface area (Å²) in [4.78, 5) is 21.4. The zero-order chi connectivity index (χ0) is 25.7. The van der Waals surface area contributed by atoms with E-state index in [1.165, 1.54) is 5.56 Å². The number of carbonyl (C=O) groups excluding carboxylic acids is 1. The second-order valence-corrected chi connectivity index (χ2v) is 10.3. The number of benzene rings is 2. The van der Waals surface area contributed by atoms with Crippen LogP contribution in [0.1, 0.15) is 77.4 Å². The Balaban J connectivity index is 1.51. The molecule has 2 aromatic heterocycles. The van der Waals surface area contributed by atoms with Gasteiger partial charge in [0, 0.05) is 24.2 Å². The number of hydrogen-bond donors (Lipinski definition) is 0. The van der Waals surface area contributed by atoms with Crippen LogP contribution in [-0.4, -0.2) is 46.3 Å². The molecule has 3 heterocycles. The van der Waals surface area contributed by atoms with E-state index in [4.69, 9.17) is 14.5 Å². The fourth-order valence-electron chi connectivity index (χ4n) is 5.49. The van der Waals surface area contributed by atoms with Gasteiger partial charge in [0.25, 0.3) is 5.91 Å². The van der Waals surface area contributed by atoms with Crippen LogP contribution in [0.3, 0.4) is 0 Å². The van der Waals surface area contributed by atoms with E-state index in [9.17, 15) is 4.79 Å². The molecule has 2 aromatic carbocycles. The zero-order valence-corrected chi connectivity index (χ0v) is 21.8. The summed E-state index contributed by atoms with van der Waals surface area (Å²) in [6.07, 6.45) is 4.77. The predicted molar refractivity (Wildman–Crippen MR) is 142 cm³/mol. The highest BCUT2D eigenvalue weighted by Gasteiger charge is 2.36. The molecule has 1 atom stereocenters. The van der Waals surface area contributed by atoms with E-state index in [0.29, 0.717) is 29.5 Å². The number of fused-ring (bicyclic) bond motifs is 2. The minimum absolute atomic E-state index is 0.00638. The smallest absolute Gasteiger partial charge is 0.255 e. The van der Waals surface area contributed by atoms with Gasteiger partial charge < -0.3 is 14.4 Å². The first-order valence-corrected chi connectivity index (χ1v) is 13.0. The van der Waals surface area contributed by atoms with Crippen LogP contribution in [0.15, 0.2) is 54.7 Å². The Hall–Kier alpha value is -3.87. The first kappa shape index (κ1) is 23.5. The number of nitrogens with zero attached hydrogens (tertiary/aromatic N) is 4. The van der Waals surface area contributed by atoms with E-state index in [-0.39, 0.29) is 18.0 Å². The average Bonchev–Trinajstić information content (AvgIpc) is 3.69. The van der Waals surface area contributed by atoms with Gasteiger partial charge in [0.1, 0.15) is 0 Å². The molecule has 0 radical (unpaired) electrons. The van der Waals surface area contributed by atoms with E-state index in [1.807, 2.05) is 39.9 Å². The summed E-state index contributed by atoms with van der Waals surface area (Å²) in [5, 5.41) is 5.42. The summed E-state index contributed by atoms with van der Waals surface area (Å²) in [5.74, 6) is 1.80. The standard InChI is InChI=1S/C30H32N4O3/c1-18(2)34-29-24(17-31-34)23(15-25(32-29)19-10-11-19)30(35)33-13-12-21-14-26(36-3)27(37-4)16-22(21)28(33)20-8-6-5-7-9-20/h5-9,14-19,28H,10-13H2,1-4H3/t28-/m1/s1. The van der Waals surface area contributed by atoms with Gasteiger partial charge in [0.2, 0.25) is 0 Å². The minimum atomic E-state index is -0.245. The molecule has 1 aliphatic heterocycles. The van der Waals surface area contributed by atoms with Crippen molar-refractivity contribution in [1.82, 2.24) is 19.7 Å². The molecule has 2 aliphatic rings. The zero-order valence-electron chi connectivity index (χ0n) is 21.8. The van der Waals surface area contributed by atoms with Gasteiger partial charge in [0.15, 0.2) is 17.1 Å². The number of ether oxygens (including phenoxy) is 2. The van der Waals surface area contributed by atoms with Gasteiger partial charge in [-0.3, -0.25) is 4.79 Å². The predicted octanol–water partition coefficient (Wildman–Crippen LogP) is 5.69. The maximum atomic E-state index is 14.5. The fraction of sp³-hybridized carbons (Fsp3) is 0.367. The molecule has 0 spiro atoms. The minimum Gasteiger partial charge on any atom is -0.493 e. The lowest BCUT2D eigenvalue weighted by atomic mass is 9.87. The molecule has 7 heteroatoms. The number of methoxy groups -OCH3 is 2. The summed E-state index contributed by atoms with van der Waals surface area (Å²) in [6.45, 7) is 4.78. The molecule has 1 fully saturated rings. The highest BCUT2D eigenvalue weighted by atomic mass is 16.5. The van der Waals surface area contributed by atoms with Crippen molar-refractivity contribution in [2.45, 2.75) is 51.1 Å². The van der Waals surface area contributed by atoms with Crippen LogP contribution in [0.25, 0.3) is 11.0 Å². The second-order valence-electron chi connectivity index (χ2n) is 10.3. The molecule has 0 bridgehead atoms. The molecule has 6 rings (SSSR count). The summed E-state index contributed by atoms with van der Waals surface area (Å²) in [7, 11) is 3.30. The number of aromatic nitrogens is 3. The maximum Gasteiger partial charge on any atom is 0.255 e. The van der Waals surface area contributed by atoms with Gasteiger partial charge in [-0.1, -0.05) is 30.3 Å². The van der Waals surface area contributed by atoms with Crippen molar-refractivity contribution in [2.75, 3.05) is 20.8 Å². The fourth-order valence-corrected chi connectivity index (χ4v) is 5.49. The van der Waals surface area contributed by atoms with Crippen LogP contribution in [0.2, 0.25) is 0 Å². The largest absolute Gasteiger partial charge is 0.493 e. The van der Waals surface area contributed by atoms with Crippen LogP contribution in [0.4, 0.5) is 0 Å². The third kappa shape index (κ3) is 4.02. The van der Waals surface area contributed by atoms with Gasteiger partial charge in [-0.05, 0) is 68.0 Å². The lowest BCUT2D eigenvalue weighted by Gasteiger charge is -2.38. The van der Waals surface area contributed by atoms with Crippen LogP contribution in [0, 0.1) is 0 Å². The molecular formula is C30H32N4O3. The van der Waals surface area contributed by atoms with Crippen molar-refractivity contribution in [3.05, 3.63) is 82.7 Å². The molecular weight excluding hydrogens is 464 g/mol. The number of pyridine rings is 1. The Morgan fingerprint density at radius 1 is 1.03 bits per heavy atom. The first-order chi connectivity index (χ1) is 18.0. The highest BCUT2D eigenvalue weighted by Crippen LogP contribution is 2.43. The van der Waals surface area contributed by atoms with Gasteiger partial charge in [0.05, 0.1) is 37.4 Å². The normalized spacial score (nSPS) is 17.2. The van der Waals surface area contributed by atoms with Crippen LogP contribution in [0.5, 0.6) is 11.5 Å². The molecule has 4 aromatic rings. The van der Waals surface area contributed by atoms with Gasteiger partial charge in [-0.25, -0.2) is 9.67 Å². The van der Waals surface area contributed by atoms with Gasteiger partial charge in [-0.15, -0.1) is 0 Å². The van der Waals surface area contributed by atoms with Gasteiger partial charge >= 0.3 is 0 Å². The lowest BCUT2D eigenvalue weighted by molar-refractivity contribution is 0.0696. The summed E-state index contributed by atoms with van der Waals surface area (Å²) < 4.78 is 13.2. The molecule has 1 aliphatic carbocycles. The third-order valence-corrected chi connectivity index (χ3v) is 7.55. The maximum absolute atomic E-state index is 14.5. The first-order valence-electron chi connectivity index (χ1n) is 13.0. The molecule has 190 valence electrons. The second kappa shape index (κ2) is 9.21. The molecule has 7 nitrogen and oxygen atoms in total. The molecule has 1 amide bonds. The van der Waals surface area contributed by atoms with E-state index in [1.54, 1.807) is 20.4 Å². The number of rotatable bonds is 6. The van der Waals surface area contributed by atoms with Crippen LogP contribution in [-0.2, 0) is 6.42 Å². The van der Waals surface area contributed by atoms with Crippen molar-refractivity contribution in [2.24, 2.45) is 0 Å². The Labute approximate surface area is 217 Å². The summed E-state index contributed by atoms with van der Waals surface area (Å²) >= 11 is 0. The summed E-state index contributed by atoms with van der Waals surface area (Å²) in [5.41, 5.74) is 5.77. The molecule has 1 saturated carbocycles. The van der Waals surface area contributed by atoms with E-state index >= 15 is 0 Å². The highest BCUT2D eigenvalue weighted by molar-refractivity contribution is 6.06. The average molecular weight is 497 g/mol. The number of hydrogen-bond acceptors (Lipinski definition) is 5. The number of amides is 1. The van der Waals surface area contributed by atoms with Crippen LogP contribution < -0.4 is 9.47 Å². The topological polar surface area (TPSA) is 69.5 Å². The Morgan fingerprint density at radius 2 is 1.76 bits per heavy atom. The van der Waals surface area contributed by atoms with Crippen molar-refractivity contribution >= 4 is 16.9 Å². The number of carbonyl (C=O) groups is 1. The Bertz CT molecular complexity index is 1470. The van der Waals surface area contributed by atoms with Gasteiger partial charge in [-0.2, -0.15) is 5.10 Å². The third-order valence-electron chi connectivity index (χ3n) is 7.55. The quantitative estimate of drug-likeness (QED) is 0.343.